The molecule has 5 nitrogen and oxygen atoms in total. The van der Waals surface area contributed by atoms with Crippen molar-refractivity contribution in [1.82, 2.24) is 4.98 Å². The number of nitrogens with zero attached hydrogens (tertiary/aromatic N) is 1. The molecule has 0 fully saturated rings. The number of fused-ring (bicyclic) bond motifs is 1. The Morgan fingerprint density at radius 2 is 2.22 bits per heavy atom. The Kier molecular flexibility index (Phi) is 3.47. The highest BCUT2D eigenvalue weighted by Gasteiger charge is 2.14. The van der Waals surface area contributed by atoms with Gasteiger partial charge in [0.15, 0.2) is 0 Å². The highest BCUT2D eigenvalue weighted by molar-refractivity contribution is 7.80. The number of pyridine rings is 1. The molecule has 0 atom stereocenters. The second-order valence-corrected chi connectivity index (χ2v) is 4.02. The second-order valence-electron chi connectivity index (χ2n) is 3.65. The van der Waals surface area contributed by atoms with E-state index < -0.39 is 16.0 Å². The van der Waals surface area contributed by atoms with Gasteiger partial charge in [0.25, 0.3) is 5.43 Å². The monoisotopic (exact) mass is 262 g/mol. The van der Waals surface area contributed by atoms with Crippen molar-refractivity contribution in [3.63, 3.8) is 0 Å². The molecule has 6 heteroatoms. The Labute approximate surface area is 108 Å². The molecule has 1 heterocycles. The van der Waals surface area contributed by atoms with E-state index in [1.807, 2.05) is 18.2 Å². The van der Waals surface area contributed by atoms with E-state index in [2.05, 4.69) is 17.6 Å². The lowest BCUT2D eigenvalue weighted by molar-refractivity contribution is -0.386. The fourth-order valence-corrected chi connectivity index (χ4v) is 1.76. The van der Waals surface area contributed by atoms with Crippen LogP contribution < -0.4 is 5.43 Å². The minimum Gasteiger partial charge on any atom is -0.355 e. The predicted octanol–water partition coefficient (Wildman–Crippen LogP) is 2.38. The summed E-state index contributed by atoms with van der Waals surface area (Å²) in [4.78, 5) is 24.6. The zero-order valence-corrected chi connectivity index (χ0v) is 10.2. The van der Waals surface area contributed by atoms with E-state index in [1.54, 1.807) is 12.1 Å². The van der Waals surface area contributed by atoms with Crippen molar-refractivity contribution >= 4 is 35.3 Å². The van der Waals surface area contributed by atoms with Crippen molar-refractivity contribution in [1.29, 1.82) is 0 Å². The van der Waals surface area contributed by atoms with Gasteiger partial charge in [0.2, 0.25) is 0 Å². The van der Waals surface area contributed by atoms with Crippen LogP contribution in [0.25, 0.3) is 17.0 Å². The molecule has 1 aromatic carbocycles. The molecule has 0 aliphatic carbocycles. The quantitative estimate of drug-likeness (QED) is 0.506. The molecular weight excluding hydrogens is 252 g/mol. The minimum absolute atomic E-state index is 0.311. The maximum atomic E-state index is 11.9. The van der Waals surface area contributed by atoms with Gasteiger partial charge in [0.1, 0.15) is 0 Å². The molecular formula is C12H10N2O3S. The number of thiol groups is 1. The predicted molar refractivity (Wildman–Crippen MR) is 74.1 cm³/mol. The lowest BCUT2D eigenvalue weighted by atomic mass is 10.1. The molecule has 0 saturated carbocycles. The molecule has 1 aromatic heterocycles. The summed E-state index contributed by atoms with van der Waals surface area (Å²) < 4.78 is 0. The molecule has 2 rings (SSSR count). The van der Waals surface area contributed by atoms with Gasteiger partial charge in [0, 0.05) is 11.3 Å². The molecule has 0 bridgehead atoms. The normalized spacial score (nSPS) is 11.2. The summed E-state index contributed by atoms with van der Waals surface area (Å²) in [5, 5.41) is 11.0. The molecule has 92 valence electrons. The molecule has 1 N–H and O–H groups in total. The Morgan fingerprint density at radius 1 is 1.44 bits per heavy atom. The fourth-order valence-electron chi connectivity index (χ4n) is 1.65. The first-order valence-electron chi connectivity index (χ1n) is 5.20. The number of benzene rings is 1. The maximum absolute atomic E-state index is 11.9. The topological polar surface area (TPSA) is 76.0 Å². The summed E-state index contributed by atoms with van der Waals surface area (Å²) >= 11 is 4.04. The first-order valence-corrected chi connectivity index (χ1v) is 5.84. The van der Waals surface area contributed by atoms with Crippen molar-refractivity contribution in [3.05, 3.63) is 56.4 Å². The fraction of sp³-hybridized carbons (Fsp3) is 0.0833. The van der Waals surface area contributed by atoms with Crippen LogP contribution in [0.2, 0.25) is 0 Å². The average Bonchev–Trinajstić information content (AvgIpc) is 2.36. The first-order chi connectivity index (χ1) is 8.63. The molecule has 0 aliphatic heterocycles. The van der Waals surface area contributed by atoms with Crippen molar-refractivity contribution in [2.45, 2.75) is 0 Å². The van der Waals surface area contributed by atoms with Crippen molar-refractivity contribution in [2.75, 3.05) is 5.75 Å². The van der Waals surface area contributed by atoms with Crippen molar-refractivity contribution < 1.29 is 4.92 Å². The van der Waals surface area contributed by atoms with Gasteiger partial charge in [-0.1, -0.05) is 18.2 Å². The third-order valence-electron chi connectivity index (χ3n) is 2.50. The second kappa shape index (κ2) is 5.05. The molecule has 0 saturated heterocycles. The number of hydrogen-bond donors (Lipinski definition) is 2. The number of rotatable bonds is 3. The number of hydrogen-bond acceptors (Lipinski definition) is 4. The van der Waals surface area contributed by atoms with E-state index in [9.17, 15) is 14.9 Å². The SMILES string of the molecule is O=c1c([N+](=O)[O-])c[nH]c2ccc(C=CCS)cc12. The van der Waals surface area contributed by atoms with Crippen molar-refractivity contribution in [2.24, 2.45) is 0 Å². The van der Waals surface area contributed by atoms with E-state index in [1.165, 1.54) is 0 Å². The third-order valence-corrected chi connectivity index (χ3v) is 2.71. The molecule has 0 aliphatic rings. The number of aromatic amines is 1. The molecule has 0 amide bonds. The Bertz CT molecular complexity index is 691. The van der Waals surface area contributed by atoms with Gasteiger partial charge in [0.05, 0.1) is 16.5 Å². The summed E-state index contributed by atoms with van der Waals surface area (Å²) in [7, 11) is 0. The summed E-state index contributed by atoms with van der Waals surface area (Å²) in [5.41, 5.74) is 0.365. The first kappa shape index (κ1) is 12.4. The molecule has 2 aromatic rings. The van der Waals surface area contributed by atoms with Crippen LogP contribution >= 0.6 is 12.6 Å². The molecule has 0 radical (unpaired) electrons. The number of H-pyrrole nitrogens is 1. The van der Waals surface area contributed by atoms with Crippen LogP contribution in [0.15, 0.2) is 35.3 Å². The van der Waals surface area contributed by atoms with Crippen molar-refractivity contribution in [3.8, 4) is 0 Å². The maximum Gasteiger partial charge on any atom is 0.332 e. The summed E-state index contributed by atoms with van der Waals surface area (Å²) in [5.74, 6) is 0.587. The van der Waals surface area contributed by atoms with Crippen LogP contribution in [-0.2, 0) is 0 Å². The highest BCUT2D eigenvalue weighted by Crippen LogP contribution is 2.15. The molecule has 0 spiro atoms. The van der Waals surface area contributed by atoms with E-state index in [0.717, 1.165) is 11.8 Å². The molecule has 18 heavy (non-hydrogen) atoms. The van der Waals surface area contributed by atoms with Crippen LogP contribution in [0.1, 0.15) is 5.56 Å². The Balaban J connectivity index is 2.67. The molecule has 0 unspecified atom stereocenters. The number of aromatic nitrogens is 1. The summed E-state index contributed by atoms with van der Waals surface area (Å²) in [6, 6.07) is 5.17. The van der Waals surface area contributed by atoms with E-state index in [0.29, 0.717) is 16.7 Å². The lowest BCUT2D eigenvalue weighted by Gasteiger charge is -1.99. The lowest BCUT2D eigenvalue weighted by Crippen LogP contribution is -2.09. The van der Waals surface area contributed by atoms with Gasteiger partial charge < -0.3 is 4.98 Å². The van der Waals surface area contributed by atoms with Crippen LogP contribution in [0.4, 0.5) is 5.69 Å². The zero-order valence-electron chi connectivity index (χ0n) is 9.29. The minimum atomic E-state index is -0.686. The Hall–Kier alpha value is -2.08. The van der Waals surface area contributed by atoms with Gasteiger partial charge in [-0.15, -0.1) is 0 Å². The van der Waals surface area contributed by atoms with Gasteiger partial charge in [-0.25, -0.2) is 0 Å². The van der Waals surface area contributed by atoms with Gasteiger partial charge >= 0.3 is 5.69 Å². The van der Waals surface area contributed by atoms with Crippen LogP contribution in [0.5, 0.6) is 0 Å². The zero-order chi connectivity index (χ0) is 13.1. The third kappa shape index (κ3) is 2.28. The highest BCUT2D eigenvalue weighted by atomic mass is 32.1. The number of nitrogens with one attached hydrogen (secondary N) is 1. The van der Waals surface area contributed by atoms with Gasteiger partial charge in [-0.2, -0.15) is 12.6 Å². The average molecular weight is 262 g/mol. The number of nitro groups is 1. The van der Waals surface area contributed by atoms with Crippen LogP contribution in [-0.4, -0.2) is 15.7 Å². The van der Waals surface area contributed by atoms with Gasteiger partial charge in [-0.3, -0.25) is 14.9 Å². The van der Waals surface area contributed by atoms with Gasteiger partial charge in [-0.05, 0) is 17.7 Å². The van der Waals surface area contributed by atoms with Crippen LogP contribution in [0, 0.1) is 10.1 Å². The smallest absolute Gasteiger partial charge is 0.332 e. The van der Waals surface area contributed by atoms with E-state index in [-0.39, 0.29) is 0 Å². The Morgan fingerprint density at radius 3 is 2.89 bits per heavy atom. The van der Waals surface area contributed by atoms with E-state index in [4.69, 9.17) is 0 Å². The largest absolute Gasteiger partial charge is 0.355 e. The van der Waals surface area contributed by atoms with Crippen LogP contribution in [0.3, 0.4) is 0 Å². The van der Waals surface area contributed by atoms with E-state index >= 15 is 0 Å². The standard InChI is InChI=1S/C12H10N2O3S/c15-12-9-6-8(2-1-5-18)3-4-10(9)13-7-11(12)14(16)17/h1-4,6-7,18H,5H2,(H,13,15). The summed E-state index contributed by atoms with van der Waals surface area (Å²) in [6.45, 7) is 0. The summed E-state index contributed by atoms with van der Waals surface area (Å²) in [6.07, 6.45) is 4.76.